The minimum Gasteiger partial charge on any atom is -0.320 e. The number of pyridine rings is 1. The Morgan fingerprint density at radius 3 is 2.92 bits per heavy atom. The Labute approximate surface area is 151 Å². The van der Waals surface area contributed by atoms with Gasteiger partial charge in [-0.25, -0.2) is 4.79 Å². The minimum absolute atomic E-state index is 0.0663. The number of nitrogens with one attached hydrogen (secondary N) is 1. The molecule has 2 aliphatic rings. The Kier molecular flexibility index (Phi) is 4.26. The number of carbonyl (C=O) groups excluding carboxylic acids is 1. The van der Waals surface area contributed by atoms with Crippen LogP contribution in [0.3, 0.4) is 0 Å². The van der Waals surface area contributed by atoms with Crippen LogP contribution in [0.5, 0.6) is 0 Å². The van der Waals surface area contributed by atoms with E-state index in [1.54, 1.807) is 13.2 Å². The molecule has 2 aromatic rings. The van der Waals surface area contributed by atoms with Gasteiger partial charge in [-0.15, -0.1) is 5.10 Å². The SMILES string of the molecule is Cc1ccn(C)c(=O)c1NC(=O)N1CCC[C@H]1Cn1cc(C2CC2)nn1. The van der Waals surface area contributed by atoms with Gasteiger partial charge in [-0.05, 0) is 44.2 Å². The van der Waals surface area contributed by atoms with Crippen molar-refractivity contribution in [3.63, 3.8) is 0 Å². The number of hydrogen-bond acceptors (Lipinski definition) is 4. The summed E-state index contributed by atoms with van der Waals surface area (Å²) in [6.07, 6.45) is 7.98. The zero-order valence-corrected chi connectivity index (χ0v) is 15.2. The number of nitrogens with zero attached hydrogens (tertiary/aromatic N) is 5. The summed E-state index contributed by atoms with van der Waals surface area (Å²) in [7, 11) is 1.68. The van der Waals surface area contributed by atoms with Crippen LogP contribution in [0.25, 0.3) is 0 Å². The molecular formula is C18H24N6O2. The summed E-state index contributed by atoms with van der Waals surface area (Å²) < 4.78 is 3.32. The second-order valence-corrected chi connectivity index (χ2v) is 7.35. The molecule has 4 rings (SSSR count). The van der Waals surface area contributed by atoms with Crippen LogP contribution in [0.2, 0.25) is 0 Å². The average molecular weight is 356 g/mol. The van der Waals surface area contributed by atoms with Gasteiger partial charge >= 0.3 is 6.03 Å². The van der Waals surface area contributed by atoms with Gasteiger partial charge in [0.2, 0.25) is 0 Å². The van der Waals surface area contributed by atoms with Crippen LogP contribution in [0.4, 0.5) is 10.5 Å². The van der Waals surface area contributed by atoms with Crippen molar-refractivity contribution < 1.29 is 4.79 Å². The van der Waals surface area contributed by atoms with Crippen molar-refractivity contribution in [2.75, 3.05) is 11.9 Å². The van der Waals surface area contributed by atoms with E-state index in [2.05, 4.69) is 15.6 Å². The van der Waals surface area contributed by atoms with E-state index in [9.17, 15) is 9.59 Å². The second kappa shape index (κ2) is 6.59. The van der Waals surface area contributed by atoms with Crippen molar-refractivity contribution in [3.8, 4) is 0 Å². The third-order valence-corrected chi connectivity index (χ3v) is 5.30. The van der Waals surface area contributed by atoms with Crippen LogP contribution in [0.1, 0.15) is 42.9 Å². The molecule has 0 unspecified atom stereocenters. The standard InChI is InChI=1S/C18H24N6O2/c1-12-7-9-22(2)17(25)16(12)19-18(26)24-8-3-4-14(24)10-23-11-15(20-21-23)13-5-6-13/h7,9,11,13-14H,3-6,8,10H2,1-2H3,(H,19,26)/t14-/m0/s1. The highest BCUT2D eigenvalue weighted by atomic mass is 16.2. The van der Waals surface area contributed by atoms with E-state index in [0.717, 1.165) is 24.1 Å². The van der Waals surface area contributed by atoms with Crippen molar-refractivity contribution in [2.24, 2.45) is 7.05 Å². The number of rotatable bonds is 4. The highest BCUT2D eigenvalue weighted by Gasteiger charge is 2.31. The lowest BCUT2D eigenvalue weighted by Gasteiger charge is -2.25. The number of likely N-dealkylation sites (tertiary alicyclic amines) is 1. The van der Waals surface area contributed by atoms with E-state index < -0.39 is 0 Å². The molecule has 0 spiro atoms. The molecule has 2 aromatic heterocycles. The van der Waals surface area contributed by atoms with E-state index in [-0.39, 0.29) is 17.6 Å². The van der Waals surface area contributed by atoms with Gasteiger partial charge < -0.3 is 14.8 Å². The molecule has 8 heteroatoms. The molecule has 1 saturated heterocycles. The normalized spacial score (nSPS) is 19.8. The summed E-state index contributed by atoms with van der Waals surface area (Å²) in [5.74, 6) is 0.573. The Bertz CT molecular complexity index is 882. The summed E-state index contributed by atoms with van der Waals surface area (Å²) in [6.45, 7) is 3.15. The lowest BCUT2D eigenvalue weighted by Crippen LogP contribution is -2.42. The molecule has 2 fully saturated rings. The van der Waals surface area contributed by atoms with Crippen LogP contribution < -0.4 is 10.9 Å². The molecule has 2 amide bonds. The number of hydrogen-bond donors (Lipinski definition) is 1. The minimum atomic E-state index is -0.221. The van der Waals surface area contributed by atoms with Crippen LogP contribution in [-0.2, 0) is 13.6 Å². The Morgan fingerprint density at radius 1 is 1.35 bits per heavy atom. The number of aromatic nitrogens is 4. The van der Waals surface area contributed by atoms with Crippen molar-refractivity contribution in [1.82, 2.24) is 24.5 Å². The van der Waals surface area contributed by atoms with Crippen molar-refractivity contribution in [1.29, 1.82) is 0 Å². The largest absolute Gasteiger partial charge is 0.322 e. The maximum atomic E-state index is 12.8. The predicted molar refractivity (Wildman–Crippen MR) is 97.2 cm³/mol. The van der Waals surface area contributed by atoms with Gasteiger partial charge in [-0.2, -0.15) is 0 Å². The molecule has 26 heavy (non-hydrogen) atoms. The zero-order chi connectivity index (χ0) is 18.3. The summed E-state index contributed by atoms with van der Waals surface area (Å²) in [6, 6.07) is 1.67. The lowest BCUT2D eigenvalue weighted by molar-refractivity contribution is 0.199. The van der Waals surface area contributed by atoms with E-state index in [4.69, 9.17) is 0 Å². The molecule has 1 aliphatic heterocycles. The van der Waals surface area contributed by atoms with E-state index in [1.807, 2.05) is 28.8 Å². The van der Waals surface area contributed by atoms with Gasteiger partial charge in [0, 0.05) is 31.9 Å². The molecule has 1 N–H and O–H groups in total. The highest BCUT2D eigenvalue weighted by Crippen LogP contribution is 2.38. The van der Waals surface area contributed by atoms with Crippen LogP contribution in [0.15, 0.2) is 23.3 Å². The van der Waals surface area contributed by atoms with Crippen LogP contribution >= 0.6 is 0 Å². The molecule has 1 saturated carbocycles. The second-order valence-electron chi connectivity index (χ2n) is 7.35. The van der Waals surface area contributed by atoms with Crippen molar-refractivity contribution in [2.45, 2.75) is 51.1 Å². The lowest BCUT2D eigenvalue weighted by atomic mass is 10.2. The van der Waals surface area contributed by atoms with Gasteiger partial charge in [0.05, 0.1) is 18.3 Å². The summed E-state index contributed by atoms with van der Waals surface area (Å²) >= 11 is 0. The van der Waals surface area contributed by atoms with Gasteiger partial charge in [0.1, 0.15) is 5.69 Å². The predicted octanol–water partition coefficient (Wildman–Crippen LogP) is 1.86. The quantitative estimate of drug-likeness (QED) is 0.906. The molecule has 0 aromatic carbocycles. The van der Waals surface area contributed by atoms with E-state index >= 15 is 0 Å². The molecule has 1 atom stereocenters. The highest BCUT2D eigenvalue weighted by molar-refractivity contribution is 5.90. The monoisotopic (exact) mass is 356 g/mol. The fraction of sp³-hybridized carbons (Fsp3) is 0.556. The topological polar surface area (TPSA) is 85.0 Å². The zero-order valence-electron chi connectivity index (χ0n) is 15.2. The van der Waals surface area contributed by atoms with Gasteiger partial charge in [-0.1, -0.05) is 5.21 Å². The molecule has 0 bridgehead atoms. The van der Waals surface area contributed by atoms with Gasteiger partial charge in [-0.3, -0.25) is 9.48 Å². The Morgan fingerprint density at radius 2 is 2.15 bits per heavy atom. The summed E-state index contributed by atoms with van der Waals surface area (Å²) in [4.78, 5) is 26.9. The fourth-order valence-electron chi connectivity index (χ4n) is 3.53. The smallest absolute Gasteiger partial charge is 0.320 e. The van der Waals surface area contributed by atoms with E-state index in [1.165, 1.54) is 17.4 Å². The third kappa shape index (κ3) is 3.23. The molecule has 3 heterocycles. The number of carbonyl (C=O) groups is 1. The summed E-state index contributed by atoms with van der Waals surface area (Å²) in [5, 5.41) is 11.3. The fourth-order valence-corrected chi connectivity index (χ4v) is 3.53. The maximum Gasteiger partial charge on any atom is 0.322 e. The number of anilines is 1. The van der Waals surface area contributed by atoms with Crippen molar-refractivity contribution >= 4 is 11.7 Å². The van der Waals surface area contributed by atoms with Crippen molar-refractivity contribution in [3.05, 3.63) is 40.1 Å². The molecule has 1 aliphatic carbocycles. The molecule has 138 valence electrons. The number of urea groups is 1. The number of aryl methyl sites for hydroxylation is 2. The first-order chi connectivity index (χ1) is 12.5. The first kappa shape index (κ1) is 16.8. The first-order valence-electron chi connectivity index (χ1n) is 9.17. The first-order valence-corrected chi connectivity index (χ1v) is 9.17. The average Bonchev–Trinajstić information content (AvgIpc) is 3.19. The molecule has 0 radical (unpaired) electrons. The Hall–Kier alpha value is -2.64. The number of amides is 2. The molecule has 8 nitrogen and oxygen atoms in total. The van der Waals surface area contributed by atoms with Crippen LogP contribution in [0, 0.1) is 6.92 Å². The van der Waals surface area contributed by atoms with E-state index in [0.29, 0.717) is 24.7 Å². The van der Waals surface area contributed by atoms with Gasteiger partial charge in [0.25, 0.3) is 5.56 Å². The van der Waals surface area contributed by atoms with Crippen LogP contribution in [-0.4, -0.2) is 43.1 Å². The summed E-state index contributed by atoms with van der Waals surface area (Å²) in [5.41, 5.74) is 1.98. The third-order valence-electron chi connectivity index (χ3n) is 5.30. The Balaban J connectivity index is 1.46. The molecular weight excluding hydrogens is 332 g/mol. The maximum absolute atomic E-state index is 12.8. The van der Waals surface area contributed by atoms with Gasteiger partial charge in [0.15, 0.2) is 0 Å².